The molecular formula is C18H16F3N3O3S. The quantitative estimate of drug-likeness (QED) is 0.477. The van der Waals surface area contributed by atoms with Crippen LogP contribution in [0.2, 0.25) is 0 Å². The highest BCUT2D eigenvalue weighted by atomic mass is 32.2. The molecule has 0 amide bonds. The van der Waals surface area contributed by atoms with Gasteiger partial charge in [0.05, 0.1) is 11.1 Å². The van der Waals surface area contributed by atoms with Gasteiger partial charge in [-0.1, -0.05) is 18.7 Å². The summed E-state index contributed by atoms with van der Waals surface area (Å²) in [7, 11) is 1.54. The van der Waals surface area contributed by atoms with Crippen LogP contribution in [-0.2, 0) is 7.05 Å². The number of thioether (sulfide) groups is 1. The van der Waals surface area contributed by atoms with Crippen molar-refractivity contribution in [3.8, 4) is 11.4 Å². The molecule has 6 nitrogen and oxygen atoms in total. The average molecular weight is 411 g/mol. The van der Waals surface area contributed by atoms with Crippen LogP contribution in [0.4, 0.5) is 13.2 Å². The number of pyridine rings is 1. The second-order valence-corrected chi connectivity index (χ2v) is 7.06. The molecule has 0 aliphatic rings. The van der Waals surface area contributed by atoms with E-state index in [9.17, 15) is 22.8 Å². The van der Waals surface area contributed by atoms with Gasteiger partial charge in [-0.25, -0.2) is 4.98 Å². The van der Waals surface area contributed by atoms with Gasteiger partial charge in [0.2, 0.25) is 0 Å². The van der Waals surface area contributed by atoms with Gasteiger partial charge in [0.1, 0.15) is 5.75 Å². The molecule has 0 atom stereocenters. The minimum absolute atomic E-state index is 0.0370. The summed E-state index contributed by atoms with van der Waals surface area (Å²) < 4.78 is 44.2. The summed E-state index contributed by atoms with van der Waals surface area (Å²) in [4.78, 5) is 29.4. The molecule has 148 valence electrons. The van der Waals surface area contributed by atoms with E-state index in [1.165, 1.54) is 64.3 Å². The Labute approximate surface area is 161 Å². The summed E-state index contributed by atoms with van der Waals surface area (Å²) in [6.45, 7) is 0.498. The number of alkyl halides is 3. The first kappa shape index (κ1) is 20.0. The number of aryl methyl sites for hydroxylation is 1. The number of halogens is 3. The van der Waals surface area contributed by atoms with Crippen molar-refractivity contribution in [1.82, 2.24) is 14.1 Å². The van der Waals surface area contributed by atoms with Crippen molar-refractivity contribution in [2.24, 2.45) is 7.05 Å². The molecule has 0 saturated heterocycles. The molecule has 0 spiro atoms. The van der Waals surface area contributed by atoms with Gasteiger partial charge in [0, 0.05) is 13.1 Å². The van der Waals surface area contributed by atoms with E-state index in [0.717, 1.165) is 0 Å². The van der Waals surface area contributed by atoms with Crippen molar-refractivity contribution < 1.29 is 17.9 Å². The molecule has 0 saturated carbocycles. The zero-order valence-electron chi connectivity index (χ0n) is 15.0. The second-order valence-electron chi connectivity index (χ2n) is 5.83. The average Bonchev–Trinajstić information content (AvgIpc) is 2.64. The summed E-state index contributed by atoms with van der Waals surface area (Å²) in [6, 6.07) is 8.41. The number of ether oxygens (including phenoxy) is 1. The highest BCUT2D eigenvalue weighted by Crippen LogP contribution is 2.23. The molecule has 0 fully saturated rings. The Hall–Kier alpha value is -2.75. The summed E-state index contributed by atoms with van der Waals surface area (Å²) in [5.74, 6) is 0.667. The first-order chi connectivity index (χ1) is 13.2. The van der Waals surface area contributed by atoms with E-state index in [1.54, 1.807) is 0 Å². The molecule has 0 N–H and O–H groups in total. The topological polar surface area (TPSA) is 66.1 Å². The monoisotopic (exact) mass is 411 g/mol. The summed E-state index contributed by atoms with van der Waals surface area (Å²) in [5, 5.41) is 0.644. The first-order valence-electron chi connectivity index (χ1n) is 8.27. The van der Waals surface area contributed by atoms with E-state index in [0.29, 0.717) is 16.6 Å². The predicted molar refractivity (Wildman–Crippen MR) is 101 cm³/mol. The van der Waals surface area contributed by atoms with Gasteiger partial charge in [-0.2, -0.15) is 13.2 Å². The zero-order valence-corrected chi connectivity index (χ0v) is 15.8. The Bertz CT molecular complexity index is 1120. The predicted octanol–water partition coefficient (Wildman–Crippen LogP) is 3.14. The van der Waals surface area contributed by atoms with E-state index < -0.39 is 12.8 Å². The molecule has 0 aliphatic heterocycles. The normalized spacial score (nSPS) is 11.8. The van der Waals surface area contributed by atoms with Crippen LogP contribution < -0.4 is 15.9 Å². The van der Waals surface area contributed by atoms with Gasteiger partial charge in [-0.3, -0.25) is 18.7 Å². The Balaban J connectivity index is 2.10. The number of rotatable bonds is 5. The van der Waals surface area contributed by atoms with Crippen LogP contribution in [0.15, 0.2) is 51.1 Å². The highest BCUT2D eigenvalue weighted by molar-refractivity contribution is 7.99. The molecule has 10 heteroatoms. The van der Waals surface area contributed by atoms with Gasteiger partial charge in [-0.05, 0) is 36.1 Å². The Morgan fingerprint density at radius 3 is 2.39 bits per heavy atom. The third kappa shape index (κ3) is 4.06. The first-order valence-corrected chi connectivity index (χ1v) is 9.25. The van der Waals surface area contributed by atoms with E-state index in [4.69, 9.17) is 4.74 Å². The maximum Gasteiger partial charge on any atom is 0.422 e. The second kappa shape index (κ2) is 7.70. The lowest BCUT2D eigenvalue weighted by Crippen LogP contribution is -2.26. The lowest BCUT2D eigenvalue weighted by atomic mass is 10.2. The molecule has 3 aromatic rings. The van der Waals surface area contributed by atoms with Gasteiger partial charge in [-0.15, -0.1) is 0 Å². The third-order valence-electron chi connectivity index (χ3n) is 3.88. The van der Waals surface area contributed by atoms with E-state index in [-0.39, 0.29) is 27.9 Å². The van der Waals surface area contributed by atoms with Gasteiger partial charge in [0.25, 0.3) is 11.1 Å². The fraction of sp³-hybridized carbons (Fsp3) is 0.278. The minimum atomic E-state index is -4.43. The van der Waals surface area contributed by atoms with Crippen LogP contribution in [0, 0.1) is 0 Å². The maximum absolute atomic E-state index is 13.0. The fourth-order valence-corrected chi connectivity index (χ4v) is 3.31. The largest absolute Gasteiger partial charge is 0.484 e. The van der Waals surface area contributed by atoms with Gasteiger partial charge >= 0.3 is 6.18 Å². The van der Waals surface area contributed by atoms with E-state index in [2.05, 4.69) is 4.98 Å². The number of hydrogen-bond acceptors (Lipinski definition) is 5. The Morgan fingerprint density at radius 1 is 1.11 bits per heavy atom. The molecule has 0 radical (unpaired) electrons. The van der Waals surface area contributed by atoms with Crippen molar-refractivity contribution in [2.75, 3.05) is 12.4 Å². The third-order valence-corrected chi connectivity index (χ3v) is 4.70. The molecule has 28 heavy (non-hydrogen) atoms. The smallest absolute Gasteiger partial charge is 0.422 e. The molecule has 0 bridgehead atoms. The van der Waals surface area contributed by atoms with Crippen LogP contribution in [0.5, 0.6) is 5.75 Å². The molecular weight excluding hydrogens is 395 g/mol. The lowest BCUT2D eigenvalue weighted by molar-refractivity contribution is -0.153. The standard InChI is InChI=1S/C18H16F3N3O3S/c1-3-28-17-22-15-13(8-9-14(25)23(15)2)16(26)24(17)11-4-6-12(7-5-11)27-10-18(19,20)21/h4-9H,3,10H2,1-2H3. The van der Waals surface area contributed by atoms with Crippen LogP contribution in [0.25, 0.3) is 16.7 Å². The van der Waals surface area contributed by atoms with Crippen molar-refractivity contribution in [2.45, 2.75) is 18.3 Å². The van der Waals surface area contributed by atoms with Crippen LogP contribution >= 0.6 is 11.8 Å². The lowest BCUT2D eigenvalue weighted by Gasteiger charge is -2.14. The molecule has 2 aromatic heterocycles. The van der Waals surface area contributed by atoms with Crippen LogP contribution in [-0.4, -0.2) is 32.7 Å². The Morgan fingerprint density at radius 2 is 1.79 bits per heavy atom. The van der Waals surface area contributed by atoms with Crippen molar-refractivity contribution in [1.29, 1.82) is 0 Å². The number of fused-ring (bicyclic) bond motifs is 1. The van der Waals surface area contributed by atoms with Gasteiger partial charge in [0.15, 0.2) is 17.4 Å². The van der Waals surface area contributed by atoms with Gasteiger partial charge < -0.3 is 4.74 Å². The van der Waals surface area contributed by atoms with Crippen molar-refractivity contribution in [3.63, 3.8) is 0 Å². The zero-order chi connectivity index (χ0) is 20.5. The number of benzene rings is 1. The highest BCUT2D eigenvalue weighted by Gasteiger charge is 2.28. The summed E-state index contributed by atoms with van der Waals surface area (Å²) in [5.41, 5.74) is 0.0506. The number of hydrogen-bond donors (Lipinski definition) is 0. The van der Waals surface area contributed by atoms with Crippen LogP contribution in [0.3, 0.4) is 0 Å². The summed E-state index contributed by atoms with van der Waals surface area (Å²) >= 11 is 1.31. The Kier molecular flexibility index (Phi) is 5.50. The molecule has 2 heterocycles. The van der Waals surface area contributed by atoms with Crippen molar-refractivity contribution >= 4 is 22.8 Å². The summed E-state index contributed by atoms with van der Waals surface area (Å²) in [6.07, 6.45) is -4.43. The number of aromatic nitrogens is 3. The van der Waals surface area contributed by atoms with E-state index >= 15 is 0 Å². The SMILES string of the molecule is CCSc1nc2c(ccc(=O)n2C)c(=O)n1-c1ccc(OCC(F)(F)F)cc1. The van der Waals surface area contributed by atoms with Crippen LogP contribution in [0.1, 0.15) is 6.92 Å². The molecule has 1 aromatic carbocycles. The fourth-order valence-electron chi connectivity index (χ4n) is 2.59. The maximum atomic E-state index is 13.0. The number of nitrogens with zero attached hydrogens (tertiary/aromatic N) is 3. The van der Waals surface area contributed by atoms with Crippen molar-refractivity contribution in [3.05, 3.63) is 57.1 Å². The molecule has 0 unspecified atom stereocenters. The minimum Gasteiger partial charge on any atom is -0.484 e. The molecule has 0 aliphatic carbocycles. The van der Waals surface area contributed by atoms with E-state index in [1.807, 2.05) is 6.92 Å². The molecule has 3 rings (SSSR count).